The maximum atomic E-state index is 13.0. The van der Waals surface area contributed by atoms with Crippen molar-refractivity contribution < 1.29 is 28.5 Å². The van der Waals surface area contributed by atoms with Gasteiger partial charge < -0.3 is 18.9 Å². The van der Waals surface area contributed by atoms with E-state index in [0.29, 0.717) is 57.6 Å². The fourth-order valence-corrected chi connectivity index (χ4v) is 4.35. The molecule has 9 heteroatoms. The van der Waals surface area contributed by atoms with Crippen molar-refractivity contribution in [1.82, 2.24) is 4.90 Å². The molecule has 2 amide bonds. The lowest BCUT2D eigenvalue weighted by molar-refractivity contribution is -0.123. The molecule has 0 bridgehead atoms. The van der Waals surface area contributed by atoms with Gasteiger partial charge in [0.2, 0.25) is 6.79 Å². The first-order valence-electron chi connectivity index (χ1n) is 10.6. The van der Waals surface area contributed by atoms with Crippen molar-refractivity contribution in [3.8, 4) is 23.0 Å². The molecule has 2 heterocycles. The summed E-state index contributed by atoms with van der Waals surface area (Å²) in [5.74, 6) is 2.33. The molecule has 0 unspecified atom stereocenters. The molecule has 1 fully saturated rings. The van der Waals surface area contributed by atoms with Gasteiger partial charge in [-0.2, -0.15) is 0 Å². The van der Waals surface area contributed by atoms with Gasteiger partial charge in [-0.05, 0) is 60.0 Å². The fourth-order valence-electron chi connectivity index (χ4n) is 3.30. The van der Waals surface area contributed by atoms with Crippen molar-refractivity contribution in [2.45, 2.75) is 27.3 Å². The number of hydrogen-bond acceptors (Lipinski definition) is 7. The molecule has 2 aliphatic rings. The van der Waals surface area contributed by atoms with Gasteiger partial charge in [0.15, 0.2) is 23.0 Å². The second-order valence-electron chi connectivity index (χ2n) is 7.91. The molecular weight excluding hydrogens is 466 g/mol. The van der Waals surface area contributed by atoms with Crippen LogP contribution in [0.25, 0.3) is 6.08 Å². The quantitative estimate of drug-likeness (QED) is 0.438. The molecule has 4 rings (SSSR count). The topological polar surface area (TPSA) is 74.3 Å². The van der Waals surface area contributed by atoms with E-state index in [1.54, 1.807) is 18.2 Å². The van der Waals surface area contributed by atoms with Crippen LogP contribution in [0, 0.1) is 5.92 Å². The zero-order valence-electron chi connectivity index (χ0n) is 18.6. The van der Waals surface area contributed by atoms with Gasteiger partial charge in [0, 0.05) is 11.1 Å². The average Bonchev–Trinajstić information content (AvgIpc) is 3.32. The summed E-state index contributed by atoms with van der Waals surface area (Å²) in [5.41, 5.74) is 1.34. The van der Waals surface area contributed by atoms with Crippen molar-refractivity contribution in [2.75, 3.05) is 20.0 Å². The van der Waals surface area contributed by atoms with Crippen molar-refractivity contribution >= 4 is 40.6 Å². The number of amides is 2. The summed E-state index contributed by atoms with van der Waals surface area (Å²) >= 11 is 7.22. The molecule has 0 N–H and O–H groups in total. The predicted molar refractivity (Wildman–Crippen MR) is 127 cm³/mol. The van der Waals surface area contributed by atoms with Crippen LogP contribution < -0.4 is 18.9 Å². The Labute approximate surface area is 201 Å². The molecule has 2 aromatic rings. The number of rotatable bonds is 8. The van der Waals surface area contributed by atoms with Crippen molar-refractivity contribution in [1.29, 1.82) is 0 Å². The lowest BCUT2D eigenvalue weighted by Gasteiger charge is -2.14. The number of nitrogens with zero attached hydrogens (tertiary/aromatic N) is 1. The summed E-state index contributed by atoms with van der Waals surface area (Å²) in [6, 6.07) is 8.78. The van der Waals surface area contributed by atoms with E-state index in [0.717, 1.165) is 17.3 Å². The van der Waals surface area contributed by atoms with Gasteiger partial charge in [0.05, 0.1) is 24.7 Å². The maximum Gasteiger partial charge on any atom is 0.293 e. The van der Waals surface area contributed by atoms with Crippen molar-refractivity contribution in [3.63, 3.8) is 0 Å². The van der Waals surface area contributed by atoms with E-state index < -0.39 is 0 Å². The Morgan fingerprint density at radius 3 is 2.61 bits per heavy atom. The van der Waals surface area contributed by atoms with Crippen LogP contribution in [-0.2, 0) is 11.3 Å². The van der Waals surface area contributed by atoms with E-state index in [1.807, 2.05) is 25.1 Å². The number of ether oxygens (including phenoxy) is 4. The highest BCUT2D eigenvalue weighted by molar-refractivity contribution is 8.18. The highest BCUT2D eigenvalue weighted by Crippen LogP contribution is 2.40. The van der Waals surface area contributed by atoms with E-state index in [4.69, 9.17) is 30.5 Å². The number of imide groups is 1. The summed E-state index contributed by atoms with van der Waals surface area (Å²) < 4.78 is 22.2. The third kappa shape index (κ3) is 5.23. The van der Waals surface area contributed by atoms with Gasteiger partial charge in [-0.1, -0.05) is 31.5 Å². The first kappa shape index (κ1) is 23.3. The van der Waals surface area contributed by atoms with Gasteiger partial charge in [-0.15, -0.1) is 0 Å². The van der Waals surface area contributed by atoms with E-state index in [2.05, 4.69) is 13.8 Å². The van der Waals surface area contributed by atoms with Crippen LogP contribution >= 0.6 is 23.4 Å². The molecule has 33 heavy (non-hydrogen) atoms. The molecule has 0 atom stereocenters. The van der Waals surface area contributed by atoms with E-state index in [1.165, 1.54) is 4.90 Å². The monoisotopic (exact) mass is 489 g/mol. The third-order valence-electron chi connectivity index (χ3n) is 4.88. The number of carbonyl (C=O) groups excluding carboxylic acids is 2. The molecule has 0 saturated carbocycles. The summed E-state index contributed by atoms with van der Waals surface area (Å²) in [7, 11) is 0. The lowest BCUT2D eigenvalue weighted by atomic mass is 10.1. The molecule has 0 aliphatic carbocycles. The van der Waals surface area contributed by atoms with Crippen LogP contribution in [0.5, 0.6) is 23.0 Å². The molecule has 2 aromatic carbocycles. The summed E-state index contributed by atoms with van der Waals surface area (Å²) in [4.78, 5) is 27.1. The summed E-state index contributed by atoms with van der Waals surface area (Å²) in [6.07, 6.45) is 1.68. The summed E-state index contributed by atoms with van der Waals surface area (Å²) in [5, 5.41) is 0.0440. The van der Waals surface area contributed by atoms with Gasteiger partial charge >= 0.3 is 0 Å². The predicted octanol–water partition coefficient (Wildman–Crippen LogP) is 5.74. The van der Waals surface area contributed by atoms with Crippen LogP contribution in [0.3, 0.4) is 0 Å². The standard InChI is InChI=1S/C24H24ClNO6S/c1-4-29-19-7-15(5-6-18(19)30-12-14(2)3)8-22-23(27)26(24(28)33-22)11-16-9-20-21(10-17(16)25)32-13-31-20/h5-10,14H,4,11-13H2,1-3H3/b22-8-. The number of thioether (sulfide) groups is 1. The smallest absolute Gasteiger partial charge is 0.293 e. The van der Waals surface area contributed by atoms with Gasteiger partial charge in [0.1, 0.15) is 0 Å². The van der Waals surface area contributed by atoms with Gasteiger partial charge in [-0.3, -0.25) is 14.5 Å². The van der Waals surface area contributed by atoms with Crippen LogP contribution in [0.4, 0.5) is 4.79 Å². The molecule has 1 saturated heterocycles. The van der Waals surface area contributed by atoms with Crippen molar-refractivity contribution in [3.05, 3.63) is 51.4 Å². The minimum atomic E-state index is -0.378. The second-order valence-corrected chi connectivity index (χ2v) is 9.31. The average molecular weight is 490 g/mol. The number of carbonyl (C=O) groups is 2. The second kappa shape index (κ2) is 9.97. The van der Waals surface area contributed by atoms with Crippen molar-refractivity contribution in [2.24, 2.45) is 5.92 Å². The molecule has 0 radical (unpaired) electrons. The molecular formula is C24H24ClNO6S. The zero-order valence-corrected chi connectivity index (χ0v) is 20.1. The third-order valence-corrected chi connectivity index (χ3v) is 6.14. The Bertz CT molecular complexity index is 1120. The molecule has 0 aromatic heterocycles. The highest BCUT2D eigenvalue weighted by atomic mass is 35.5. The zero-order chi connectivity index (χ0) is 23.5. The van der Waals surface area contributed by atoms with E-state index in [9.17, 15) is 9.59 Å². The number of fused-ring (bicyclic) bond motifs is 1. The molecule has 2 aliphatic heterocycles. The first-order valence-corrected chi connectivity index (χ1v) is 11.8. The molecule has 7 nitrogen and oxygen atoms in total. The largest absolute Gasteiger partial charge is 0.490 e. The Morgan fingerprint density at radius 2 is 1.88 bits per heavy atom. The van der Waals surface area contributed by atoms with E-state index in [-0.39, 0.29) is 24.5 Å². The lowest BCUT2D eigenvalue weighted by Crippen LogP contribution is -2.27. The summed E-state index contributed by atoms with van der Waals surface area (Å²) in [6.45, 7) is 7.25. The van der Waals surface area contributed by atoms with Crippen LogP contribution in [0.2, 0.25) is 5.02 Å². The number of halogens is 1. The van der Waals surface area contributed by atoms with Gasteiger partial charge in [-0.25, -0.2) is 0 Å². The molecule has 0 spiro atoms. The Hall–Kier alpha value is -2.84. The van der Waals surface area contributed by atoms with Crippen LogP contribution in [0.1, 0.15) is 31.9 Å². The number of hydrogen-bond donors (Lipinski definition) is 0. The Balaban J connectivity index is 1.53. The SMILES string of the molecule is CCOc1cc(/C=C2\SC(=O)N(Cc3cc4c(cc3Cl)OCO4)C2=O)ccc1OCC(C)C. The normalized spacial score (nSPS) is 16.3. The number of benzene rings is 2. The van der Waals surface area contributed by atoms with Crippen LogP contribution in [-0.4, -0.2) is 36.1 Å². The van der Waals surface area contributed by atoms with Gasteiger partial charge in [0.25, 0.3) is 11.1 Å². The maximum absolute atomic E-state index is 13.0. The Morgan fingerprint density at radius 1 is 1.12 bits per heavy atom. The Kier molecular flexibility index (Phi) is 7.05. The van der Waals surface area contributed by atoms with Crippen LogP contribution in [0.15, 0.2) is 35.2 Å². The highest BCUT2D eigenvalue weighted by Gasteiger charge is 2.35. The first-order chi connectivity index (χ1) is 15.9. The fraction of sp³-hybridized carbons (Fsp3) is 0.333. The van der Waals surface area contributed by atoms with E-state index >= 15 is 0 Å². The molecule has 174 valence electrons. The minimum absolute atomic E-state index is 0.0453. The minimum Gasteiger partial charge on any atom is -0.490 e.